The lowest BCUT2D eigenvalue weighted by molar-refractivity contribution is -0.137. The Morgan fingerprint density at radius 3 is 2.54 bits per heavy atom. The van der Waals surface area contributed by atoms with Crippen LogP contribution in [0.1, 0.15) is 35.5 Å². The molecule has 0 aliphatic heterocycles. The van der Waals surface area contributed by atoms with Gasteiger partial charge in [-0.25, -0.2) is 4.98 Å². The molecule has 26 heavy (non-hydrogen) atoms. The highest BCUT2D eigenvalue weighted by Gasteiger charge is 2.31. The van der Waals surface area contributed by atoms with Crippen molar-refractivity contribution in [1.29, 1.82) is 0 Å². The number of H-pyrrole nitrogens is 1. The van der Waals surface area contributed by atoms with Gasteiger partial charge >= 0.3 is 6.18 Å². The molecule has 1 atom stereocenters. The van der Waals surface area contributed by atoms with Crippen LogP contribution in [0.2, 0.25) is 0 Å². The molecule has 0 saturated heterocycles. The second-order valence-electron chi connectivity index (χ2n) is 6.17. The van der Waals surface area contributed by atoms with Gasteiger partial charge in [0.2, 0.25) is 0 Å². The van der Waals surface area contributed by atoms with Crippen LogP contribution in [0.5, 0.6) is 0 Å². The molecule has 5 nitrogen and oxygen atoms in total. The number of halogens is 3. The van der Waals surface area contributed by atoms with Gasteiger partial charge in [-0.15, -0.1) is 0 Å². The highest BCUT2D eigenvalue weighted by atomic mass is 19.4. The van der Waals surface area contributed by atoms with Gasteiger partial charge in [0, 0.05) is 17.8 Å². The molecule has 1 aromatic carbocycles. The summed E-state index contributed by atoms with van der Waals surface area (Å²) >= 11 is 0. The van der Waals surface area contributed by atoms with Crippen LogP contribution in [0.15, 0.2) is 41.5 Å². The average Bonchev–Trinajstić information content (AvgIpc) is 3.02. The Morgan fingerprint density at radius 2 is 1.92 bits per heavy atom. The van der Waals surface area contributed by atoms with Crippen molar-refractivity contribution in [3.8, 4) is 11.3 Å². The van der Waals surface area contributed by atoms with Crippen LogP contribution in [0.4, 0.5) is 13.2 Å². The molecule has 3 rings (SSSR count). The summed E-state index contributed by atoms with van der Waals surface area (Å²) in [5.41, 5.74) is 1.50. The molecule has 0 saturated carbocycles. The number of aromatic amines is 1. The number of aromatic nitrogens is 4. The summed E-state index contributed by atoms with van der Waals surface area (Å²) < 4.78 is 40.1. The summed E-state index contributed by atoms with van der Waals surface area (Å²) in [6.45, 7) is 5.18. The second kappa shape index (κ2) is 6.44. The zero-order valence-corrected chi connectivity index (χ0v) is 14.4. The van der Waals surface area contributed by atoms with E-state index in [4.69, 9.17) is 0 Å². The van der Waals surface area contributed by atoms with Crippen molar-refractivity contribution in [3.05, 3.63) is 69.5 Å². The van der Waals surface area contributed by atoms with E-state index in [2.05, 4.69) is 15.1 Å². The number of hydrogen-bond acceptors (Lipinski definition) is 3. The molecule has 0 bridgehead atoms. The Morgan fingerprint density at radius 1 is 1.19 bits per heavy atom. The summed E-state index contributed by atoms with van der Waals surface area (Å²) in [5, 5.41) is 4.28. The molecule has 2 heterocycles. The van der Waals surface area contributed by atoms with Crippen LogP contribution in [-0.4, -0.2) is 19.7 Å². The minimum absolute atomic E-state index is 0.258. The molecule has 0 amide bonds. The predicted molar refractivity (Wildman–Crippen MR) is 90.8 cm³/mol. The summed E-state index contributed by atoms with van der Waals surface area (Å²) in [5.74, 6) is 0.492. The molecule has 0 radical (unpaired) electrons. The van der Waals surface area contributed by atoms with Crippen LogP contribution in [0.25, 0.3) is 11.3 Å². The first kappa shape index (κ1) is 17.9. The van der Waals surface area contributed by atoms with Gasteiger partial charge < -0.3 is 4.98 Å². The molecule has 0 fully saturated rings. The Bertz CT molecular complexity index is 1000. The van der Waals surface area contributed by atoms with E-state index < -0.39 is 11.7 Å². The molecule has 136 valence electrons. The lowest BCUT2D eigenvalue weighted by Crippen LogP contribution is -2.11. The molecule has 0 aliphatic rings. The normalized spacial score (nSPS) is 13.0. The van der Waals surface area contributed by atoms with Crippen molar-refractivity contribution < 1.29 is 13.2 Å². The number of rotatable bonds is 3. The van der Waals surface area contributed by atoms with E-state index in [0.29, 0.717) is 22.6 Å². The number of hydrogen-bond donors (Lipinski definition) is 1. The minimum atomic E-state index is -4.37. The molecule has 0 aliphatic carbocycles. The van der Waals surface area contributed by atoms with Crippen LogP contribution in [0, 0.1) is 13.8 Å². The third-order valence-corrected chi connectivity index (χ3v) is 4.20. The number of nitrogens with one attached hydrogen (secondary N) is 1. The lowest BCUT2D eigenvalue weighted by Gasteiger charge is -2.17. The van der Waals surface area contributed by atoms with Gasteiger partial charge in [0.25, 0.3) is 5.56 Å². The van der Waals surface area contributed by atoms with Crippen LogP contribution >= 0.6 is 0 Å². The largest absolute Gasteiger partial charge is 0.416 e. The first-order valence-electron chi connectivity index (χ1n) is 7.95. The number of alkyl halides is 3. The van der Waals surface area contributed by atoms with Crippen molar-refractivity contribution in [3.63, 3.8) is 0 Å². The quantitative estimate of drug-likeness (QED) is 0.769. The fourth-order valence-corrected chi connectivity index (χ4v) is 2.87. The standard InChI is InChI=1S/C18H17F3N4O/c1-10-6-14(18(19,20)21)4-5-15(10)11(2)25-9-13(8-22-25)16-7-17(26)24-12(3)23-16/h4-9,11H,1-3H3,(H,23,24,26)/t11-/m1/s1. The van der Waals surface area contributed by atoms with Crippen molar-refractivity contribution in [2.45, 2.75) is 33.0 Å². The topological polar surface area (TPSA) is 63.6 Å². The molecular weight excluding hydrogens is 345 g/mol. The monoisotopic (exact) mass is 362 g/mol. The maximum absolute atomic E-state index is 12.8. The third-order valence-electron chi connectivity index (χ3n) is 4.20. The summed E-state index contributed by atoms with van der Waals surface area (Å²) in [4.78, 5) is 18.4. The molecule has 0 unspecified atom stereocenters. The van der Waals surface area contributed by atoms with Crippen molar-refractivity contribution >= 4 is 0 Å². The Kier molecular flexibility index (Phi) is 4.43. The summed E-state index contributed by atoms with van der Waals surface area (Å²) in [7, 11) is 0. The van der Waals surface area contributed by atoms with E-state index >= 15 is 0 Å². The van der Waals surface area contributed by atoms with Gasteiger partial charge in [-0.1, -0.05) is 6.07 Å². The third kappa shape index (κ3) is 3.54. The highest BCUT2D eigenvalue weighted by molar-refractivity contribution is 5.56. The van der Waals surface area contributed by atoms with Gasteiger partial charge in [0.15, 0.2) is 0 Å². The Balaban J connectivity index is 1.93. The fraction of sp³-hybridized carbons (Fsp3) is 0.278. The number of benzene rings is 1. The van der Waals surface area contributed by atoms with Gasteiger partial charge in [-0.3, -0.25) is 9.48 Å². The van der Waals surface area contributed by atoms with E-state index in [9.17, 15) is 18.0 Å². The van der Waals surface area contributed by atoms with E-state index in [1.165, 1.54) is 12.1 Å². The minimum Gasteiger partial charge on any atom is -0.311 e. The van der Waals surface area contributed by atoms with Crippen molar-refractivity contribution in [2.24, 2.45) is 0 Å². The molecular formula is C18H17F3N4O. The van der Waals surface area contributed by atoms with E-state index in [1.807, 2.05) is 6.92 Å². The van der Waals surface area contributed by atoms with Crippen LogP contribution in [0.3, 0.4) is 0 Å². The SMILES string of the molecule is Cc1nc(-c2cnn([C@H](C)c3ccc(C(F)(F)F)cc3C)c2)cc(=O)[nH]1. The molecule has 0 spiro atoms. The summed E-state index contributed by atoms with van der Waals surface area (Å²) in [6, 6.07) is 4.79. The number of aryl methyl sites for hydroxylation is 2. The van der Waals surface area contributed by atoms with Gasteiger partial charge in [0.05, 0.1) is 23.5 Å². The zero-order chi connectivity index (χ0) is 19.1. The van der Waals surface area contributed by atoms with E-state index in [1.54, 1.807) is 30.9 Å². The zero-order valence-electron chi connectivity index (χ0n) is 14.4. The average molecular weight is 362 g/mol. The molecule has 8 heteroatoms. The smallest absolute Gasteiger partial charge is 0.311 e. The predicted octanol–water partition coefficient (Wildman–Crippen LogP) is 3.88. The lowest BCUT2D eigenvalue weighted by atomic mass is 10.00. The maximum Gasteiger partial charge on any atom is 0.416 e. The van der Waals surface area contributed by atoms with E-state index in [-0.39, 0.29) is 11.6 Å². The fourth-order valence-electron chi connectivity index (χ4n) is 2.87. The molecule has 1 N–H and O–H groups in total. The maximum atomic E-state index is 12.8. The number of nitrogens with zero attached hydrogens (tertiary/aromatic N) is 3. The first-order valence-corrected chi connectivity index (χ1v) is 7.95. The van der Waals surface area contributed by atoms with E-state index in [0.717, 1.165) is 17.7 Å². The molecule has 2 aromatic heterocycles. The van der Waals surface area contributed by atoms with Crippen LogP contribution < -0.4 is 5.56 Å². The van der Waals surface area contributed by atoms with Crippen LogP contribution in [-0.2, 0) is 6.18 Å². The molecule has 3 aromatic rings. The first-order chi connectivity index (χ1) is 12.1. The Hall–Kier alpha value is -2.90. The summed E-state index contributed by atoms with van der Waals surface area (Å²) in [6.07, 6.45) is -1.06. The van der Waals surface area contributed by atoms with Gasteiger partial charge in [-0.2, -0.15) is 18.3 Å². The van der Waals surface area contributed by atoms with Crippen molar-refractivity contribution in [2.75, 3.05) is 0 Å². The Labute approximate surface area is 147 Å². The van der Waals surface area contributed by atoms with Gasteiger partial charge in [0.1, 0.15) is 5.82 Å². The highest BCUT2D eigenvalue weighted by Crippen LogP contribution is 2.32. The van der Waals surface area contributed by atoms with Gasteiger partial charge in [-0.05, 0) is 44.0 Å². The second-order valence-corrected chi connectivity index (χ2v) is 6.17. The van der Waals surface area contributed by atoms with Crippen molar-refractivity contribution in [1.82, 2.24) is 19.7 Å².